The van der Waals surface area contributed by atoms with Gasteiger partial charge >= 0.3 is 5.69 Å². The smallest absolute Gasteiger partial charge is 0.311 e. The van der Waals surface area contributed by atoms with Gasteiger partial charge in [0.1, 0.15) is 0 Å². The summed E-state index contributed by atoms with van der Waals surface area (Å²) in [7, 11) is 0. The Morgan fingerprint density at radius 1 is 1.38 bits per heavy atom. The molecule has 0 unspecified atom stereocenters. The first-order chi connectivity index (χ1) is 11.3. The molecule has 0 aromatic heterocycles. The van der Waals surface area contributed by atoms with Gasteiger partial charge in [0, 0.05) is 18.2 Å². The third kappa shape index (κ3) is 6.37. The number of carbonyl (C=O) groups is 1. The first-order valence-corrected chi connectivity index (χ1v) is 8.01. The molecular weight excluding hydrogens is 332 g/mol. The van der Waals surface area contributed by atoms with Gasteiger partial charge in [0.2, 0.25) is 0 Å². The summed E-state index contributed by atoms with van der Waals surface area (Å²) in [6, 6.07) is 4.01. The summed E-state index contributed by atoms with van der Waals surface area (Å²) in [4.78, 5) is 22.5. The molecule has 1 aromatic carbocycles. The Labute approximate surface area is 146 Å². The third-order valence-corrected chi connectivity index (χ3v) is 3.26. The molecule has 24 heavy (non-hydrogen) atoms. The lowest BCUT2D eigenvalue weighted by Crippen LogP contribution is -2.47. The molecule has 9 heteroatoms. The Morgan fingerprint density at radius 2 is 2.08 bits per heavy atom. The van der Waals surface area contributed by atoms with Crippen molar-refractivity contribution in [3.8, 4) is 5.75 Å². The monoisotopic (exact) mass is 354 g/mol. The fourth-order valence-electron chi connectivity index (χ4n) is 1.78. The molecule has 132 valence electrons. The lowest BCUT2D eigenvalue weighted by Gasteiger charge is -2.12. The molecule has 0 saturated carbocycles. The van der Waals surface area contributed by atoms with E-state index in [9.17, 15) is 14.9 Å². The largest absolute Gasteiger partial charge is 0.487 e. The van der Waals surface area contributed by atoms with Crippen LogP contribution < -0.4 is 20.9 Å². The van der Waals surface area contributed by atoms with Crippen molar-refractivity contribution in [3.05, 3.63) is 33.9 Å². The van der Waals surface area contributed by atoms with Crippen molar-refractivity contribution >= 4 is 28.9 Å². The number of thiocarbonyl (C=S) groups is 1. The topological polar surface area (TPSA) is 106 Å². The molecule has 0 aliphatic rings. The molecule has 0 radical (unpaired) electrons. The maximum Gasteiger partial charge on any atom is 0.311 e. The fourth-order valence-corrected chi connectivity index (χ4v) is 1.94. The standard InChI is InChI=1S/C15H22N4O4S/c1-4-23-13-6-5-11(9-12(13)19(21)22)14(20)17-18-15(24)16-8-7-10(2)3/h5-6,9-10H,4,7-8H2,1-3H3,(H,17,20)(H2,16,18,24). The lowest BCUT2D eigenvalue weighted by molar-refractivity contribution is -0.385. The van der Waals surface area contributed by atoms with Crippen LogP contribution in [0.2, 0.25) is 0 Å². The van der Waals surface area contributed by atoms with E-state index in [0.717, 1.165) is 12.5 Å². The number of amides is 1. The van der Waals surface area contributed by atoms with Crippen molar-refractivity contribution in [1.29, 1.82) is 0 Å². The van der Waals surface area contributed by atoms with Gasteiger partial charge in [-0.2, -0.15) is 0 Å². The molecule has 1 amide bonds. The van der Waals surface area contributed by atoms with E-state index in [2.05, 4.69) is 30.0 Å². The van der Waals surface area contributed by atoms with E-state index < -0.39 is 10.8 Å². The highest BCUT2D eigenvalue weighted by Crippen LogP contribution is 2.27. The summed E-state index contributed by atoms with van der Waals surface area (Å²) in [6.07, 6.45) is 0.945. The van der Waals surface area contributed by atoms with Crippen molar-refractivity contribution in [1.82, 2.24) is 16.2 Å². The molecular formula is C15H22N4O4S. The van der Waals surface area contributed by atoms with Crippen LogP contribution in [0.3, 0.4) is 0 Å². The fraction of sp³-hybridized carbons (Fsp3) is 0.467. The maximum atomic E-state index is 12.1. The van der Waals surface area contributed by atoms with Gasteiger partial charge < -0.3 is 10.1 Å². The number of rotatable bonds is 7. The number of carbonyl (C=O) groups excluding carboxylic acids is 1. The van der Waals surface area contributed by atoms with Crippen LogP contribution in [0.15, 0.2) is 18.2 Å². The van der Waals surface area contributed by atoms with Crippen molar-refractivity contribution in [2.24, 2.45) is 5.92 Å². The van der Waals surface area contributed by atoms with Crippen LogP contribution in [-0.4, -0.2) is 29.1 Å². The van der Waals surface area contributed by atoms with Crippen molar-refractivity contribution < 1.29 is 14.5 Å². The summed E-state index contributed by atoms with van der Waals surface area (Å²) in [6.45, 7) is 6.90. The molecule has 1 rings (SSSR count). The molecule has 1 aromatic rings. The molecule has 3 N–H and O–H groups in total. The van der Waals surface area contributed by atoms with Gasteiger partial charge in [0.15, 0.2) is 10.9 Å². The molecule has 0 aliphatic carbocycles. The number of benzene rings is 1. The van der Waals surface area contributed by atoms with E-state index in [4.69, 9.17) is 17.0 Å². The summed E-state index contributed by atoms with van der Waals surface area (Å²) >= 11 is 5.03. The number of hydrazine groups is 1. The van der Waals surface area contributed by atoms with Gasteiger partial charge in [-0.25, -0.2) is 0 Å². The molecule has 0 saturated heterocycles. The van der Waals surface area contributed by atoms with Gasteiger partial charge in [-0.1, -0.05) is 13.8 Å². The summed E-state index contributed by atoms with van der Waals surface area (Å²) in [5.41, 5.74) is 4.83. The van der Waals surface area contributed by atoms with E-state index in [-0.39, 0.29) is 22.1 Å². The second kappa shape index (κ2) is 9.66. The highest BCUT2D eigenvalue weighted by atomic mass is 32.1. The second-order valence-corrected chi connectivity index (χ2v) is 5.80. The third-order valence-electron chi connectivity index (χ3n) is 3.01. The van der Waals surface area contributed by atoms with Crippen LogP contribution in [-0.2, 0) is 0 Å². The lowest BCUT2D eigenvalue weighted by atomic mass is 10.1. The normalized spacial score (nSPS) is 10.2. The van der Waals surface area contributed by atoms with Crippen molar-refractivity contribution in [3.63, 3.8) is 0 Å². The van der Waals surface area contributed by atoms with Crippen LogP contribution in [0, 0.1) is 16.0 Å². The summed E-state index contributed by atoms with van der Waals surface area (Å²) in [5, 5.41) is 14.3. The minimum absolute atomic E-state index is 0.123. The Kier molecular flexibility index (Phi) is 7.90. The van der Waals surface area contributed by atoms with Crippen molar-refractivity contribution in [2.75, 3.05) is 13.2 Å². The predicted octanol–water partition coefficient (Wildman–Crippen LogP) is 2.15. The van der Waals surface area contributed by atoms with Crippen molar-refractivity contribution in [2.45, 2.75) is 27.2 Å². The quantitative estimate of drug-likeness (QED) is 0.391. The first kappa shape index (κ1) is 19.6. The molecule has 0 fully saturated rings. The molecule has 8 nitrogen and oxygen atoms in total. The van der Waals surface area contributed by atoms with E-state index >= 15 is 0 Å². The molecule has 0 heterocycles. The molecule has 0 bridgehead atoms. The first-order valence-electron chi connectivity index (χ1n) is 7.60. The Balaban J connectivity index is 2.63. The zero-order valence-corrected chi connectivity index (χ0v) is 14.7. The Morgan fingerprint density at radius 3 is 2.67 bits per heavy atom. The van der Waals surface area contributed by atoms with E-state index in [1.54, 1.807) is 6.92 Å². The number of nitro groups is 1. The summed E-state index contributed by atoms with van der Waals surface area (Å²) in [5.74, 6) is 0.131. The number of nitrogens with one attached hydrogen (secondary N) is 3. The van der Waals surface area contributed by atoms with E-state index in [0.29, 0.717) is 19.1 Å². The highest BCUT2D eigenvalue weighted by molar-refractivity contribution is 7.80. The van der Waals surface area contributed by atoms with Crippen LogP contribution in [0.5, 0.6) is 5.75 Å². The van der Waals surface area contributed by atoms with Crippen LogP contribution >= 0.6 is 12.2 Å². The van der Waals surface area contributed by atoms with Crippen LogP contribution in [0.4, 0.5) is 5.69 Å². The van der Waals surface area contributed by atoms with E-state index in [1.165, 1.54) is 12.1 Å². The average Bonchev–Trinajstić information content (AvgIpc) is 2.52. The van der Waals surface area contributed by atoms with Gasteiger partial charge in [-0.05, 0) is 43.6 Å². The molecule has 0 aliphatic heterocycles. The Bertz CT molecular complexity index is 607. The zero-order valence-electron chi connectivity index (χ0n) is 13.9. The zero-order chi connectivity index (χ0) is 18.1. The van der Waals surface area contributed by atoms with Gasteiger partial charge in [0.25, 0.3) is 5.91 Å². The minimum atomic E-state index is -0.590. The number of hydrogen-bond donors (Lipinski definition) is 3. The maximum absolute atomic E-state index is 12.1. The van der Waals surface area contributed by atoms with Crippen LogP contribution in [0.1, 0.15) is 37.6 Å². The van der Waals surface area contributed by atoms with Gasteiger partial charge in [-0.3, -0.25) is 25.8 Å². The van der Waals surface area contributed by atoms with Gasteiger partial charge in [0.05, 0.1) is 11.5 Å². The summed E-state index contributed by atoms with van der Waals surface area (Å²) < 4.78 is 5.17. The SMILES string of the molecule is CCOc1ccc(C(=O)NNC(=S)NCCC(C)C)cc1[N+](=O)[O-]. The van der Waals surface area contributed by atoms with E-state index in [1.807, 2.05) is 0 Å². The highest BCUT2D eigenvalue weighted by Gasteiger charge is 2.18. The van der Waals surface area contributed by atoms with Gasteiger partial charge in [-0.15, -0.1) is 0 Å². The number of nitrogens with zero attached hydrogens (tertiary/aromatic N) is 1. The molecule has 0 atom stereocenters. The number of ether oxygens (including phenoxy) is 1. The number of hydrogen-bond acceptors (Lipinski definition) is 5. The number of nitro benzene ring substituents is 1. The average molecular weight is 354 g/mol. The van der Waals surface area contributed by atoms with Crippen LogP contribution in [0.25, 0.3) is 0 Å². The Hall–Kier alpha value is -2.42. The predicted molar refractivity (Wildman–Crippen MR) is 94.9 cm³/mol. The minimum Gasteiger partial charge on any atom is -0.487 e. The molecule has 0 spiro atoms. The second-order valence-electron chi connectivity index (χ2n) is 5.39.